The number of hydrogen-bond acceptors (Lipinski definition) is 3. The Kier molecular flexibility index (Phi) is 7.71. The van der Waals surface area contributed by atoms with E-state index in [2.05, 4.69) is 18.2 Å². The zero-order chi connectivity index (χ0) is 23.0. The van der Waals surface area contributed by atoms with Gasteiger partial charge in [0.1, 0.15) is 5.82 Å². The van der Waals surface area contributed by atoms with Crippen molar-refractivity contribution in [2.75, 3.05) is 0 Å². The van der Waals surface area contributed by atoms with Gasteiger partial charge in [-0.15, -0.1) is 0 Å². The van der Waals surface area contributed by atoms with Crippen molar-refractivity contribution in [3.8, 4) is 11.1 Å². The average molecular weight is 444 g/mol. The molecule has 1 fully saturated rings. The van der Waals surface area contributed by atoms with Crippen LogP contribution in [0.25, 0.3) is 11.1 Å². The van der Waals surface area contributed by atoms with Gasteiger partial charge in [0.15, 0.2) is 5.82 Å². The monoisotopic (exact) mass is 443 g/mol. The largest absolute Gasteiger partial charge is 0.478 e. The highest BCUT2D eigenvalue weighted by Crippen LogP contribution is 2.27. The predicted molar refractivity (Wildman–Crippen MR) is 131 cm³/mol. The number of carboxylic acids is 1. The molecule has 1 saturated carbocycles. The number of aromatic carboxylic acids is 1. The van der Waals surface area contributed by atoms with Crippen molar-refractivity contribution in [3.05, 3.63) is 83.5 Å². The summed E-state index contributed by atoms with van der Waals surface area (Å²) in [5.41, 5.74) is 3.09. The van der Waals surface area contributed by atoms with Crippen molar-refractivity contribution in [1.82, 2.24) is 14.8 Å². The molecule has 5 nitrogen and oxygen atoms in total. The molecule has 1 heterocycles. The number of benzene rings is 2. The smallest absolute Gasteiger partial charge is 0.336 e. The van der Waals surface area contributed by atoms with Crippen LogP contribution in [0.5, 0.6) is 0 Å². The summed E-state index contributed by atoms with van der Waals surface area (Å²) in [6, 6.07) is 15.2. The lowest BCUT2D eigenvalue weighted by atomic mass is 9.86. The van der Waals surface area contributed by atoms with Gasteiger partial charge in [-0.1, -0.05) is 86.7 Å². The van der Waals surface area contributed by atoms with E-state index in [-0.39, 0.29) is 0 Å². The van der Waals surface area contributed by atoms with Gasteiger partial charge in [0.2, 0.25) is 0 Å². The molecule has 1 aliphatic rings. The number of nitrogens with zero attached hydrogens (tertiary/aromatic N) is 3. The minimum atomic E-state index is -0.910. The third kappa shape index (κ3) is 5.98. The van der Waals surface area contributed by atoms with Gasteiger partial charge in [-0.2, -0.15) is 5.10 Å². The molecule has 0 amide bonds. The van der Waals surface area contributed by atoms with Crippen molar-refractivity contribution >= 4 is 5.97 Å². The number of hydrogen-bond donors (Lipinski definition) is 1. The van der Waals surface area contributed by atoms with Gasteiger partial charge in [0, 0.05) is 12.8 Å². The van der Waals surface area contributed by atoms with E-state index in [4.69, 9.17) is 10.1 Å². The summed E-state index contributed by atoms with van der Waals surface area (Å²) in [7, 11) is 0. The van der Waals surface area contributed by atoms with E-state index in [1.54, 1.807) is 12.1 Å². The lowest BCUT2D eigenvalue weighted by molar-refractivity contribution is 0.0697. The first-order valence-electron chi connectivity index (χ1n) is 12.1. The molecule has 1 N–H and O–H groups in total. The minimum absolute atomic E-state index is 0.318. The topological polar surface area (TPSA) is 68.0 Å². The third-order valence-electron chi connectivity index (χ3n) is 6.59. The molecule has 3 aromatic rings. The summed E-state index contributed by atoms with van der Waals surface area (Å²) < 4.78 is 2.02. The van der Waals surface area contributed by atoms with Gasteiger partial charge >= 0.3 is 5.97 Å². The second kappa shape index (κ2) is 11.1. The first-order chi connectivity index (χ1) is 16.1. The highest BCUT2D eigenvalue weighted by Gasteiger charge is 2.16. The number of aryl methyl sites for hydroxylation is 1. The van der Waals surface area contributed by atoms with Crippen LogP contribution in [0.4, 0.5) is 0 Å². The molecule has 2 aromatic carbocycles. The van der Waals surface area contributed by atoms with Crippen LogP contribution in [0.15, 0.2) is 60.7 Å². The number of allylic oxidation sites excluding steroid dienone is 2. The first-order valence-corrected chi connectivity index (χ1v) is 12.1. The maximum Gasteiger partial charge on any atom is 0.336 e. The highest BCUT2D eigenvalue weighted by atomic mass is 16.4. The van der Waals surface area contributed by atoms with Crippen molar-refractivity contribution in [3.63, 3.8) is 0 Å². The Balaban J connectivity index is 1.49. The quantitative estimate of drug-likeness (QED) is 0.393. The van der Waals surface area contributed by atoms with Crippen molar-refractivity contribution in [2.24, 2.45) is 5.92 Å². The molecule has 0 saturated heterocycles. The van der Waals surface area contributed by atoms with Crippen LogP contribution in [0.2, 0.25) is 0 Å². The molecular weight excluding hydrogens is 410 g/mol. The molecule has 0 unspecified atom stereocenters. The van der Waals surface area contributed by atoms with Crippen LogP contribution >= 0.6 is 0 Å². The summed E-state index contributed by atoms with van der Waals surface area (Å²) >= 11 is 0. The van der Waals surface area contributed by atoms with Gasteiger partial charge in [-0.05, 0) is 42.0 Å². The minimum Gasteiger partial charge on any atom is -0.478 e. The number of carboxylic acid groups (broad SMARTS) is 1. The van der Waals surface area contributed by atoms with Crippen LogP contribution in [-0.4, -0.2) is 25.8 Å². The summed E-state index contributed by atoms with van der Waals surface area (Å²) in [5.74, 6) is 1.84. The fourth-order valence-corrected chi connectivity index (χ4v) is 4.73. The first kappa shape index (κ1) is 23.0. The molecule has 1 aliphatic carbocycles. The van der Waals surface area contributed by atoms with E-state index in [0.717, 1.165) is 47.2 Å². The Morgan fingerprint density at radius 1 is 1.09 bits per heavy atom. The number of aromatic nitrogens is 3. The molecule has 1 aromatic heterocycles. The van der Waals surface area contributed by atoms with Crippen molar-refractivity contribution in [2.45, 2.75) is 64.8 Å². The molecule has 4 rings (SSSR count). The fraction of sp³-hybridized carbons (Fsp3) is 0.393. The average Bonchev–Trinajstić information content (AvgIpc) is 3.24. The van der Waals surface area contributed by atoms with E-state index in [9.17, 15) is 9.90 Å². The van der Waals surface area contributed by atoms with Crippen LogP contribution in [-0.2, 0) is 19.4 Å². The molecule has 33 heavy (non-hydrogen) atoms. The van der Waals surface area contributed by atoms with Crippen LogP contribution < -0.4 is 0 Å². The van der Waals surface area contributed by atoms with E-state index in [1.165, 1.54) is 38.5 Å². The van der Waals surface area contributed by atoms with Crippen LogP contribution in [0.3, 0.4) is 0 Å². The molecular formula is C28H33N3O2. The van der Waals surface area contributed by atoms with Crippen LogP contribution in [0.1, 0.15) is 73.0 Å². The van der Waals surface area contributed by atoms with E-state index >= 15 is 0 Å². The summed E-state index contributed by atoms with van der Waals surface area (Å²) in [5, 5.41) is 14.3. The zero-order valence-electron chi connectivity index (χ0n) is 19.4. The zero-order valence-corrected chi connectivity index (χ0v) is 19.4. The lowest BCUT2D eigenvalue weighted by Crippen LogP contribution is -2.08. The molecule has 0 radical (unpaired) electrons. The van der Waals surface area contributed by atoms with Crippen molar-refractivity contribution < 1.29 is 9.90 Å². The molecule has 0 bridgehead atoms. The standard InChI is InChI=1S/C28H33N3O2/c1-2-3-19-31-27(29-26(30-31)18-15-21-9-5-4-6-10-21)20-22-13-16-23(17-14-22)24-11-7-8-12-25(24)28(32)33/h2-3,7-8,11-14,16-17,21H,4-6,9-10,15,18-20H2,1H3,(H,32,33). The SMILES string of the molecule is CC=CCn1nc(CCC2CCCCC2)nc1Cc1ccc(-c2ccccc2C(=O)O)cc1. The Labute approximate surface area is 196 Å². The van der Waals surface area contributed by atoms with Gasteiger partial charge in [-0.25, -0.2) is 14.5 Å². The van der Waals surface area contributed by atoms with E-state index in [1.807, 2.05) is 41.9 Å². The van der Waals surface area contributed by atoms with Gasteiger partial charge in [0.05, 0.1) is 12.1 Å². The van der Waals surface area contributed by atoms with Gasteiger partial charge < -0.3 is 5.11 Å². The predicted octanol–water partition coefficient (Wildman–Crippen LogP) is 6.32. The lowest BCUT2D eigenvalue weighted by Gasteiger charge is -2.20. The van der Waals surface area contributed by atoms with Crippen LogP contribution in [0, 0.1) is 5.92 Å². The molecule has 5 heteroatoms. The summed E-state index contributed by atoms with van der Waals surface area (Å²) in [4.78, 5) is 16.5. The van der Waals surface area contributed by atoms with E-state index < -0.39 is 5.97 Å². The Bertz CT molecular complexity index is 1090. The Morgan fingerprint density at radius 2 is 1.85 bits per heavy atom. The maximum absolute atomic E-state index is 11.6. The highest BCUT2D eigenvalue weighted by molar-refractivity contribution is 5.95. The molecule has 0 aliphatic heterocycles. The maximum atomic E-state index is 11.6. The second-order valence-corrected chi connectivity index (χ2v) is 8.96. The fourth-order valence-electron chi connectivity index (χ4n) is 4.73. The van der Waals surface area contributed by atoms with E-state index in [0.29, 0.717) is 12.0 Å². The second-order valence-electron chi connectivity index (χ2n) is 8.96. The van der Waals surface area contributed by atoms with Gasteiger partial charge in [-0.3, -0.25) is 0 Å². The Hall–Kier alpha value is -3.21. The molecule has 0 spiro atoms. The number of rotatable bonds is 9. The van der Waals surface area contributed by atoms with Crippen molar-refractivity contribution in [1.29, 1.82) is 0 Å². The third-order valence-corrected chi connectivity index (χ3v) is 6.59. The number of carbonyl (C=O) groups is 1. The summed E-state index contributed by atoms with van der Waals surface area (Å²) in [6.07, 6.45) is 13.8. The summed E-state index contributed by atoms with van der Waals surface area (Å²) in [6.45, 7) is 2.75. The van der Waals surface area contributed by atoms with Gasteiger partial charge in [0.25, 0.3) is 0 Å². The molecule has 0 atom stereocenters. The normalized spacial score (nSPS) is 14.7. The molecule has 172 valence electrons. The Morgan fingerprint density at radius 3 is 2.58 bits per heavy atom.